The van der Waals surface area contributed by atoms with Crippen molar-refractivity contribution in [1.29, 1.82) is 0 Å². The molecule has 0 radical (unpaired) electrons. The number of aliphatic hydroxyl groups is 4. The van der Waals surface area contributed by atoms with Crippen molar-refractivity contribution in [2.75, 3.05) is 0 Å². The molecule has 8 heteroatoms. The van der Waals surface area contributed by atoms with Gasteiger partial charge in [0, 0.05) is 0 Å². The Hall–Kier alpha value is -4.08. The molecule has 8 N–H and O–H groups in total. The highest BCUT2D eigenvalue weighted by Crippen LogP contribution is 2.31. The van der Waals surface area contributed by atoms with Crippen LogP contribution in [0.5, 0.6) is 23.0 Å². The van der Waals surface area contributed by atoms with Crippen molar-refractivity contribution < 1.29 is 40.9 Å². The van der Waals surface area contributed by atoms with Gasteiger partial charge >= 0.3 is 0 Å². The van der Waals surface area contributed by atoms with E-state index >= 15 is 0 Å². The van der Waals surface area contributed by atoms with Crippen molar-refractivity contribution in [2.45, 2.75) is 24.4 Å². The molecule has 0 saturated heterocycles. The molecule has 0 aliphatic rings. The minimum atomic E-state index is -1.09. The van der Waals surface area contributed by atoms with Crippen LogP contribution in [0, 0.1) is 0 Å². The number of hydrogen-bond acceptors (Lipinski definition) is 8. The average molecular weight is 493 g/mol. The van der Waals surface area contributed by atoms with Crippen molar-refractivity contribution in [3.63, 3.8) is 0 Å². The van der Waals surface area contributed by atoms with Gasteiger partial charge in [-0.1, -0.05) is 48.5 Å². The van der Waals surface area contributed by atoms with Crippen molar-refractivity contribution in [1.82, 2.24) is 0 Å². The average Bonchev–Trinajstić information content (AvgIpc) is 2.89. The van der Waals surface area contributed by atoms with E-state index in [0.29, 0.717) is 22.3 Å². The second kappa shape index (κ2) is 12.1. The summed E-state index contributed by atoms with van der Waals surface area (Å²) in [7, 11) is 0. The van der Waals surface area contributed by atoms with Gasteiger partial charge in [0.25, 0.3) is 0 Å². The van der Waals surface area contributed by atoms with E-state index in [1.807, 2.05) is 0 Å². The van der Waals surface area contributed by atoms with Crippen molar-refractivity contribution in [2.24, 2.45) is 0 Å². The van der Waals surface area contributed by atoms with Crippen molar-refractivity contribution >= 4 is 0 Å². The zero-order valence-corrected chi connectivity index (χ0v) is 19.1. The Bertz CT molecular complexity index is 1010. The molecular weight excluding hydrogens is 464 g/mol. The first-order valence-electron chi connectivity index (χ1n) is 11.0. The highest BCUT2D eigenvalue weighted by atomic mass is 16.3. The summed E-state index contributed by atoms with van der Waals surface area (Å²) in [5.41, 5.74) is 2.03. The number of phenols is 4. The Labute approximate surface area is 207 Å². The molecule has 4 atom stereocenters. The van der Waals surface area contributed by atoms with Crippen LogP contribution in [0.15, 0.2) is 97.1 Å². The van der Waals surface area contributed by atoms with Crippen LogP contribution in [0.3, 0.4) is 0 Å². The molecule has 0 spiro atoms. The molecular formula is C28H28O8. The van der Waals surface area contributed by atoms with Gasteiger partial charge in [0.1, 0.15) is 47.4 Å². The van der Waals surface area contributed by atoms with E-state index < -0.39 is 24.4 Å². The largest absolute Gasteiger partial charge is 0.508 e. The lowest BCUT2D eigenvalue weighted by Crippen LogP contribution is -2.10. The van der Waals surface area contributed by atoms with Gasteiger partial charge in [-0.15, -0.1) is 0 Å². The number of phenolic OH excluding ortho intramolecular Hbond substituents is 4. The summed E-state index contributed by atoms with van der Waals surface area (Å²) in [6.45, 7) is 0. The fourth-order valence-corrected chi connectivity index (χ4v) is 3.42. The van der Waals surface area contributed by atoms with Crippen LogP contribution in [0.4, 0.5) is 0 Å². The Balaban J connectivity index is 0.000000201. The third-order valence-electron chi connectivity index (χ3n) is 5.54. The summed E-state index contributed by atoms with van der Waals surface area (Å²) < 4.78 is 0. The van der Waals surface area contributed by atoms with Gasteiger partial charge in [0.05, 0.1) is 0 Å². The van der Waals surface area contributed by atoms with Crippen LogP contribution >= 0.6 is 0 Å². The predicted octanol–water partition coefficient (Wildman–Crippen LogP) is 3.73. The van der Waals surface area contributed by atoms with Crippen molar-refractivity contribution in [3.8, 4) is 23.0 Å². The van der Waals surface area contributed by atoms with Gasteiger partial charge in [0.15, 0.2) is 0 Å². The van der Waals surface area contributed by atoms with Crippen LogP contribution in [0.1, 0.15) is 46.7 Å². The number of benzene rings is 4. The second-order valence-electron chi connectivity index (χ2n) is 8.15. The minimum absolute atomic E-state index is 0.102. The van der Waals surface area contributed by atoms with E-state index in [1.165, 1.54) is 48.5 Å². The molecule has 0 aliphatic heterocycles. The zero-order valence-electron chi connectivity index (χ0n) is 19.1. The first-order valence-corrected chi connectivity index (χ1v) is 11.0. The summed E-state index contributed by atoms with van der Waals surface area (Å²) in [5.74, 6) is 0.408. The lowest BCUT2D eigenvalue weighted by molar-refractivity contribution is 0.0172. The van der Waals surface area contributed by atoms with Crippen LogP contribution in [-0.2, 0) is 0 Å². The van der Waals surface area contributed by atoms with E-state index in [2.05, 4.69) is 0 Å². The number of aliphatic hydroxyl groups excluding tert-OH is 4. The first-order chi connectivity index (χ1) is 17.2. The highest BCUT2D eigenvalue weighted by Gasteiger charge is 2.21. The fraction of sp³-hybridized carbons (Fsp3) is 0.143. The molecule has 36 heavy (non-hydrogen) atoms. The zero-order chi connectivity index (χ0) is 26.2. The van der Waals surface area contributed by atoms with Gasteiger partial charge in [-0.05, 0) is 70.8 Å². The van der Waals surface area contributed by atoms with Crippen LogP contribution in [-0.4, -0.2) is 40.9 Å². The number of aromatic hydroxyl groups is 4. The summed E-state index contributed by atoms with van der Waals surface area (Å²) in [6, 6.07) is 23.9. The van der Waals surface area contributed by atoms with Gasteiger partial charge < -0.3 is 40.9 Å². The molecule has 4 aromatic carbocycles. The van der Waals surface area contributed by atoms with E-state index in [9.17, 15) is 20.4 Å². The summed E-state index contributed by atoms with van der Waals surface area (Å²) in [6.07, 6.45) is -4.35. The lowest BCUT2D eigenvalue weighted by Gasteiger charge is -2.18. The van der Waals surface area contributed by atoms with E-state index in [0.717, 1.165) is 0 Å². The standard InChI is InChI=1S/2C14H14O4/c2*15-11-5-1-9(2-6-11)13(17)14(18)10-3-7-12(16)8-4-10/h2*1-8,13-18H. The summed E-state index contributed by atoms with van der Waals surface area (Å²) in [5, 5.41) is 76.6. The summed E-state index contributed by atoms with van der Waals surface area (Å²) in [4.78, 5) is 0. The second-order valence-corrected chi connectivity index (χ2v) is 8.15. The molecule has 8 nitrogen and oxygen atoms in total. The van der Waals surface area contributed by atoms with E-state index in [-0.39, 0.29) is 23.0 Å². The molecule has 0 amide bonds. The Kier molecular flexibility index (Phi) is 8.88. The van der Waals surface area contributed by atoms with Gasteiger partial charge in [-0.25, -0.2) is 0 Å². The normalized spacial score (nSPS) is 14.1. The highest BCUT2D eigenvalue weighted by molar-refractivity contribution is 5.33. The maximum Gasteiger partial charge on any atom is 0.115 e. The lowest BCUT2D eigenvalue weighted by atomic mass is 9.98. The molecule has 0 aliphatic carbocycles. The Morgan fingerprint density at radius 2 is 0.417 bits per heavy atom. The van der Waals surface area contributed by atoms with Crippen LogP contribution in [0.25, 0.3) is 0 Å². The molecule has 0 fully saturated rings. The van der Waals surface area contributed by atoms with Gasteiger partial charge in [-0.2, -0.15) is 0 Å². The molecule has 4 aromatic rings. The first kappa shape index (κ1) is 26.5. The Morgan fingerprint density at radius 3 is 0.556 bits per heavy atom. The molecule has 4 rings (SSSR count). The number of rotatable bonds is 6. The smallest absolute Gasteiger partial charge is 0.115 e. The van der Waals surface area contributed by atoms with E-state index in [4.69, 9.17) is 20.4 Å². The SMILES string of the molecule is Oc1ccc(C(O)C(O)c2ccc(O)cc2)cc1.Oc1ccc(C(O)C(O)c2ccc(O)cc2)cc1. The molecule has 0 bridgehead atoms. The third-order valence-corrected chi connectivity index (χ3v) is 5.54. The minimum Gasteiger partial charge on any atom is -0.508 e. The Morgan fingerprint density at radius 1 is 0.278 bits per heavy atom. The number of hydrogen-bond donors (Lipinski definition) is 8. The quantitative estimate of drug-likeness (QED) is 0.202. The summed E-state index contributed by atoms with van der Waals surface area (Å²) >= 11 is 0. The van der Waals surface area contributed by atoms with Crippen LogP contribution in [0.2, 0.25) is 0 Å². The molecule has 0 saturated carbocycles. The van der Waals surface area contributed by atoms with Gasteiger partial charge in [0.2, 0.25) is 0 Å². The topological polar surface area (TPSA) is 162 Å². The monoisotopic (exact) mass is 492 g/mol. The molecule has 0 aromatic heterocycles. The molecule has 188 valence electrons. The molecule has 0 heterocycles. The van der Waals surface area contributed by atoms with E-state index in [1.54, 1.807) is 48.5 Å². The fourth-order valence-electron chi connectivity index (χ4n) is 3.42. The maximum absolute atomic E-state index is 10.0. The van der Waals surface area contributed by atoms with Crippen LogP contribution < -0.4 is 0 Å². The maximum atomic E-state index is 10.0. The third kappa shape index (κ3) is 6.97. The van der Waals surface area contributed by atoms with Crippen molar-refractivity contribution in [3.05, 3.63) is 119 Å². The van der Waals surface area contributed by atoms with Gasteiger partial charge in [-0.3, -0.25) is 0 Å². The molecule has 4 unspecified atom stereocenters. The predicted molar refractivity (Wildman–Crippen MR) is 132 cm³/mol.